The molecule has 0 saturated heterocycles. The Balaban J connectivity index is 2.10. The van der Waals surface area contributed by atoms with Crippen molar-refractivity contribution in [3.63, 3.8) is 0 Å². The Labute approximate surface area is 133 Å². The molecule has 120 valence electrons. The molecule has 1 aromatic heterocycles. The second kappa shape index (κ2) is 6.67. The molecule has 3 N–H and O–H groups in total. The topological polar surface area (TPSA) is 55.9 Å². The third-order valence-corrected chi connectivity index (χ3v) is 5.52. The predicted octanol–water partition coefficient (Wildman–Crippen LogP) is 3.46. The van der Waals surface area contributed by atoms with Gasteiger partial charge in [-0.25, -0.2) is 0 Å². The number of aromatic nitrogens is 2. The van der Waals surface area contributed by atoms with Gasteiger partial charge in [-0.15, -0.1) is 0 Å². The lowest BCUT2D eigenvalue weighted by Crippen LogP contribution is -2.44. The van der Waals surface area contributed by atoms with Crippen LogP contribution in [-0.2, 0) is 13.0 Å². The first-order valence-corrected chi connectivity index (χ1v) is 8.43. The van der Waals surface area contributed by atoms with E-state index in [1.54, 1.807) is 0 Å². The van der Waals surface area contributed by atoms with Crippen molar-refractivity contribution in [3.05, 3.63) is 16.4 Å². The van der Waals surface area contributed by atoms with Crippen LogP contribution in [0, 0.1) is 18.3 Å². The third-order valence-electron chi connectivity index (χ3n) is 5.03. The molecular formula is C16H29ClN4. The van der Waals surface area contributed by atoms with Gasteiger partial charge in [0.15, 0.2) is 0 Å². The fraction of sp³-hybridized carbons (Fsp3) is 0.812. The van der Waals surface area contributed by atoms with Crippen molar-refractivity contribution < 1.29 is 0 Å². The molecule has 1 atom stereocenters. The zero-order valence-corrected chi connectivity index (χ0v) is 14.5. The third kappa shape index (κ3) is 3.79. The quantitative estimate of drug-likeness (QED) is 0.646. The molecule has 0 amide bonds. The largest absolute Gasteiger partial charge is 0.271 e. The summed E-state index contributed by atoms with van der Waals surface area (Å²) in [5.74, 6) is 6.47. The van der Waals surface area contributed by atoms with Crippen LogP contribution in [0.2, 0.25) is 5.02 Å². The van der Waals surface area contributed by atoms with Gasteiger partial charge in [0.25, 0.3) is 0 Å². The Bertz CT molecular complexity index is 471. The molecule has 21 heavy (non-hydrogen) atoms. The molecule has 2 rings (SSSR count). The average molecular weight is 313 g/mol. The van der Waals surface area contributed by atoms with E-state index < -0.39 is 0 Å². The Morgan fingerprint density at radius 1 is 1.43 bits per heavy atom. The number of hydrazine groups is 1. The normalized spacial score (nSPS) is 20.7. The van der Waals surface area contributed by atoms with Crippen LogP contribution in [0.1, 0.15) is 57.8 Å². The summed E-state index contributed by atoms with van der Waals surface area (Å²) in [4.78, 5) is 0. The molecule has 1 aliphatic carbocycles. The van der Waals surface area contributed by atoms with Crippen molar-refractivity contribution in [2.24, 2.45) is 17.2 Å². The fourth-order valence-corrected chi connectivity index (χ4v) is 3.67. The highest BCUT2D eigenvalue weighted by Crippen LogP contribution is 2.39. The molecule has 0 bridgehead atoms. The number of nitrogens with one attached hydrogen (secondary N) is 1. The predicted molar refractivity (Wildman–Crippen MR) is 88.2 cm³/mol. The van der Waals surface area contributed by atoms with Crippen LogP contribution >= 0.6 is 11.6 Å². The number of hydrogen-bond donors (Lipinski definition) is 2. The van der Waals surface area contributed by atoms with Crippen LogP contribution < -0.4 is 11.3 Å². The minimum Gasteiger partial charge on any atom is -0.271 e. The van der Waals surface area contributed by atoms with E-state index in [0.717, 1.165) is 29.4 Å². The van der Waals surface area contributed by atoms with Gasteiger partial charge in [0.05, 0.1) is 16.4 Å². The van der Waals surface area contributed by atoms with E-state index in [2.05, 4.69) is 31.3 Å². The average Bonchev–Trinajstić information content (AvgIpc) is 2.72. The maximum absolute atomic E-state index is 6.43. The molecule has 5 heteroatoms. The van der Waals surface area contributed by atoms with E-state index in [-0.39, 0.29) is 6.04 Å². The van der Waals surface area contributed by atoms with E-state index in [4.69, 9.17) is 17.4 Å². The molecular weight excluding hydrogens is 284 g/mol. The first kappa shape index (κ1) is 16.8. The Kier molecular flexibility index (Phi) is 5.33. The van der Waals surface area contributed by atoms with Crippen molar-refractivity contribution >= 4 is 11.6 Å². The van der Waals surface area contributed by atoms with Gasteiger partial charge in [-0.3, -0.25) is 16.0 Å². The molecule has 1 saturated carbocycles. The molecule has 0 aromatic carbocycles. The highest BCUT2D eigenvalue weighted by Gasteiger charge is 2.32. The number of aryl methyl sites for hydroxylation is 2. The van der Waals surface area contributed by atoms with Crippen molar-refractivity contribution in [3.8, 4) is 0 Å². The molecule has 4 nitrogen and oxygen atoms in total. The highest BCUT2D eigenvalue weighted by molar-refractivity contribution is 6.31. The molecule has 1 unspecified atom stereocenters. The Morgan fingerprint density at radius 3 is 2.57 bits per heavy atom. The van der Waals surface area contributed by atoms with Gasteiger partial charge in [-0.05, 0) is 50.9 Å². The van der Waals surface area contributed by atoms with Crippen molar-refractivity contribution in [2.45, 2.75) is 72.4 Å². The molecule has 0 aliphatic heterocycles. The monoisotopic (exact) mass is 312 g/mol. The summed E-state index contributed by atoms with van der Waals surface area (Å²) in [5.41, 5.74) is 5.54. The van der Waals surface area contributed by atoms with Crippen LogP contribution in [0.3, 0.4) is 0 Å². The minimum atomic E-state index is 0.278. The van der Waals surface area contributed by atoms with Crippen LogP contribution in [0.5, 0.6) is 0 Å². The summed E-state index contributed by atoms with van der Waals surface area (Å²) in [7, 11) is 0. The molecule has 1 heterocycles. The van der Waals surface area contributed by atoms with Crippen molar-refractivity contribution in [1.29, 1.82) is 0 Å². The summed E-state index contributed by atoms with van der Waals surface area (Å²) in [6.07, 6.45) is 5.87. The standard InChI is InChI=1S/C16H29ClN4/c1-5-21-14(15(17)11(2)20-21)10-13(19-18)12-6-8-16(3,4)9-7-12/h12-13,19H,5-10,18H2,1-4H3. The SMILES string of the molecule is CCn1nc(C)c(Cl)c1CC(NN)C1CCC(C)(C)CC1. The van der Waals surface area contributed by atoms with E-state index in [1.165, 1.54) is 25.7 Å². The molecule has 0 spiro atoms. The van der Waals surface area contributed by atoms with Gasteiger partial charge in [0.2, 0.25) is 0 Å². The number of nitrogens with zero attached hydrogens (tertiary/aromatic N) is 2. The second-order valence-electron chi connectivity index (χ2n) is 7.14. The van der Waals surface area contributed by atoms with Crippen LogP contribution in [0.25, 0.3) is 0 Å². The van der Waals surface area contributed by atoms with Crippen LogP contribution in [-0.4, -0.2) is 15.8 Å². The molecule has 1 aliphatic rings. The first-order valence-electron chi connectivity index (χ1n) is 8.06. The molecule has 1 aromatic rings. The summed E-state index contributed by atoms with van der Waals surface area (Å²) in [6, 6.07) is 0.278. The van der Waals surface area contributed by atoms with E-state index >= 15 is 0 Å². The van der Waals surface area contributed by atoms with Gasteiger partial charge in [0.1, 0.15) is 0 Å². The lowest BCUT2D eigenvalue weighted by Gasteiger charge is -2.37. The lowest BCUT2D eigenvalue weighted by atomic mass is 9.70. The van der Waals surface area contributed by atoms with Gasteiger partial charge in [0, 0.05) is 19.0 Å². The fourth-order valence-electron chi connectivity index (χ4n) is 3.46. The summed E-state index contributed by atoms with van der Waals surface area (Å²) < 4.78 is 2.01. The number of rotatable bonds is 5. The second-order valence-corrected chi connectivity index (χ2v) is 7.52. The highest BCUT2D eigenvalue weighted by atomic mass is 35.5. The maximum atomic E-state index is 6.43. The van der Waals surface area contributed by atoms with Gasteiger partial charge >= 0.3 is 0 Å². The van der Waals surface area contributed by atoms with Crippen LogP contribution in [0.15, 0.2) is 0 Å². The summed E-state index contributed by atoms with van der Waals surface area (Å²) in [6.45, 7) is 9.63. The van der Waals surface area contributed by atoms with Crippen LogP contribution in [0.4, 0.5) is 0 Å². The van der Waals surface area contributed by atoms with Crippen molar-refractivity contribution in [1.82, 2.24) is 15.2 Å². The lowest BCUT2D eigenvalue weighted by molar-refractivity contribution is 0.160. The van der Waals surface area contributed by atoms with Gasteiger partial charge in [-0.1, -0.05) is 25.4 Å². The Hall–Kier alpha value is -0.580. The number of hydrogen-bond acceptors (Lipinski definition) is 3. The number of nitrogens with two attached hydrogens (primary N) is 1. The smallest absolute Gasteiger partial charge is 0.0847 e. The van der Waals surface area contributed by atoms with E-state index in [0.29, 0.717) is 11.3 Å². The summed E-state index contributed by atoms with van der Waals surface area (Å²) in [5, 5.41) is 5.30. The zero-order chi connectivity index (χ0) is 15.6. The van der Waals surface area contributed by atoms with Crippen molar-refractivity contribution in [2.75, 3.05) is 0 Å². The first-order chi connectivity index (χ1) is 9.88. The van der Waals surface area contributed by atoms with E-state index in [9.17, 15) is 0 Å². The summed E-state index contributed by atoms with van der Waals surface area (Å²) >= 11 is 6.43. The maximum Gasteiger partial charge on any atom is 0.0847 e. The van der Waals surface area contributed by atoms with Gasteiger partial charge < -0.3 is 0 Å². The molecule has 1 fully saturated rings. The number of halogens is 1. The molecule has 0 radical (unpaired) electrons. The van der Waals surface area contributed by atoms with E-state index in [1.807, 2.05) is 11.6 Å². The Morgan fingerprint density at radius 2 is 2.05 bits per heavy atom. The van der Waals surface area contributed by atoms with Gasteiger partial charge in [-0.2, -0.15) is 5.10 Å². The minimum absolute atomic E-state index is 0.278. The zero-order valence-electron chi connectivity index (χ0n) is 13.7.